The predicted octanol–water partition coefficient (Wildman–Crippen LogP) is 1.92. The first-order valence-electron chi connectivity index (χ1n) is 4.44. The minimum Gasteiger partial charge on any atom is -0.485 e. The maximum absolute atomic E-state index is 10.9. The Labute approximate surface area is 94.9 Å². The van der Waals surface area contributed by atoms with Crippen molar-refractivity contribution in [3.63, 3.8) is 0 Å². The lowest BCUT2D eigenvalue weighted by Crippen LogP contribution is -2.38. The van der Waals surface area contributed by atoms with Gasteiger partial charge in [-0.1, -0.05) is 15.9 Å². The van der Waals surface area contributed by atoms with E-state index in [9.17, 15) is 4.79 Å². The van der Waals surface area contributed by atoms with Crippen LogP contribution in [0.2, 0.25) is 0 Å². The molecule has 1 saturated heterocycles. The van der Waals surface area contributed by atoms with E-state index in [-0.39, 0.29) is 11.7 Å². The first-order valence-corrected chi connectivity index (χ1v) is 5.23. The Hall–Kier alpha value is -1.07. The van der Waals surface area contributed by atoms with Crippen molar-refractivity contribution in [2.24, 2.45) is 0 Å². The van der Waals surface area contributed by atoms with Gasteiger partial charge < -0.3 is 14.6 Å². The molecule has 0 spiro atoms. The van der Waals surface area contributed by atoms with Crippen molar-refractivity contribution in [2.45, 2.75) is 6.10 Å². The number of benzene rings is 1. The van der Waals surface area contributed by atoms with Crippen LogP contribution in [0.25, 0.3) is 0 Å². The van der Waals surface area contributed by atoms with Crippen LogP contribution in [-0.4, -0.2) is 30.4 Å². The molecule has 4 nitrogen and oxygen atoms in total. The van der Waals surface area contributed by atoms with E-state index in [2.05, 4.69) is 15.9 Å². The second-order valence-corrected chi connectivity index (χ2v) is 4.14. The molecular formula is C10H9BrO4. The summed E-state index contributed by atoms with van der Waals surface area (Å²) in [7, 11) is 0. The van der Waals surface area contributed by atoms with Crippen LogP contribution >= 0.6 is 15.9 Å². The molecule has 1 aliphatic rings. The average Bonchev–Trinajstić information content (AvgIpc) is 2.11. The minimum absolute atomic E-state index is 0.0302. The third-order valence-corrected chi connectivity index (χ3v) is 2.57. The molecule has 1 aromatic carbocycles. The summed E-state index contributed by atoms with van der Waals surface area (Å²) in [6, 6.07) is 4.84. The molecule has 0 aromatic heterocycles. The Balaban J connectivity index is 2.24. The van der Waals surface area contributed by atoms with Crippen LogP contribution < -0.4 is 4.74 Å². The van der Waals surface area contributed by atoms with Crippen molar-refractivity contribution in [2.75, 3.05) is 13.2 Å². The molecule has 1 heterocycles. The molecule has 1 aliphatic heterocycles. The van der Waals surface area contributed by atoms with Crippen molar-refractivity contribution in [1.82, 2.24) is 0 Å². The van der Waals surface area contributed by atoms with Gasteiger partial charge in [0, 0.05) is 4.47 Å². The van der Waals surface area contributed by atoms with Crippen molar-refractivity contribution in [3.8, 4) is 5.75 Å². The van der Waals surface area contributed by atoms with Gasteiger partial charge >= 0.3 is 5.97 Å². The molecule has 15 heavy (non-hydrogen) atoms. The molecule has 0 unspecified atom stereocenters. The lowest BCUT2D eigenvalue weighted by Gasteiger charge is -2.27. The van der Waals surface area contributed by atoms with Crippen molar-refractivity contribution in [3.05, 3.63) is 28.2 Å². The fraction of sp³-hybridized carbons (Fsp3) is 0.300. The zero-order valence-corrected chi connectivity index (χ0v) is 9.36. The molecule has 1 N–H and O–H groups in total. The standard InChI is InChI=1S/C10H9BrO4/c11-6-1-2-8(10(12)13)9(3-6)15-7-4-14-5-7/h1-3,7H,4-5H2,(H,12,13). The van der Waals surface area contributed by atoms with E-state index in [1.807, 2.05) is 0 Å². The molecule has 0 amide bonds. The van der Waals surface area contributed by atoms with Gasteiger partial charge in [0.05, 0.1) is 13.2 Å². The van der Waals surface area contributed by atoms with Gasteiger partial charge in [0.25, 0.3) is 0 Å². The smallest absolute Gasteiger partial charge is 0.339 e. The summed E-state index contributed by atoms with van der Waals surface area (Å²) in [5, 5.41) is 8.93. The van der Waals surface area contributed by atoms with Crippen molar-refractivity contribution < 1.29 is 19.4 Å². The molecule has 0 aliphatic carbocycles. The van der Waals surface area contributed by atoms with Gasteiger partial charge in [-0.3, -0.25) is 0 Å². The molecule has 0 atom stereocenters. The fourth-order valence-corrected chi connectivity index (χ4v) is 1.57. The number of carboxylic acid groups (broad SMARTS) is 1. The third-order valence-electron chi connectivity index (χ3n) is 2.08. The Bertz CT molecular complexity index is 387. The second kappa shape index (κ2) is 4.20. The number of carbonyl (C=O) groups is 1. The van der Waals surface area contributed by atoms with Crippen LogP contribution in [0.5, 0.6) is 5.75 Å². The number of halogens is 1. The SMILES string of the molecule is O=C(O)c1ccc(Br)cc1OC1COC1. The fourth-order valence-electron chi connectivity index (χ4n) is 1.23. The quantitative estimate of drug-likeness (QED) is 0.914. The average molecular weight is 273 g/mol. The lowest BCUT2D eigenvalue weighted by atomic mass is 10.2. The molecular weight excluding hydrogens is 264 g/mol. The summed E-state index contributed by atoms with van der Waals surface area (Å²) in [5.74, 6) is -0.608. The number of rotatable bonds is 3. The normalized spacial score (nSPS) is 15.8. The Morgan fingerprint density at radius 1 is 1.53 bits per heavy atom. The highest BCUT2D eigenvalue weighted by Gasteiger charge is 2.22. The van der Waals surface area contributed by atoms with Crippen LogP contribution in [-0.2, 0) is 4.74 Å². The highest BCUT2D eigenvalue weighted by molar-refractivity contribution is 9.10. The predicted molar refractivity (Wildman–Crippen MR) is 56.3 cm³/mol. The van der Waals surface area contributed by atoms with Gasteiger partial charge in [0.1, 0.15) is 17.4 Å². The van der Waals surface area contributed by atoms with Crippen LogP contribution in [0.3, 0.4) is 0 Å². The first kappa shape index (κ1) is 10.4. The van der Waals surface area contributed by atoms with Gasteiger partial charge in [-0.25, -0.2) is 4.79 Å². The maximum atomic E-state index is 10.9. The van der Waals surface area contributed by atoms with E-state index >= 15 is 0 Å². The molecule has 0 saturated carbocycles. The van der Waals surface area contributed by atoms with E-state index in [1.165, 1.54) is 6.07 Å². The van der Waals surface area contributed by atoms with E-state index in [0.29, 0.717) is 19.0 Å². The highest BCUT2D eigenvalue weighted by Crippen LogP contribution is 2.26. The van der Waals surface area contributed by atoms with Gasteiger partial charge in [0.15, 0.2) is 0 Å². The molecule has 5 heteroatoms. The van der Waals surface area contributed by atoms with E-state index in [0.717, 1.165) is 4.47 Å². The van der Waals surface area contributed by atoms with Gasteiger partial charge in [0.2, 0.25) is 0 Å². The zero-order valence-electron chi connectivity index (χ0n) is 7.77. The summed E-state index contributed by atoms with van der Waals surface area (Å²) in [5.41, 5.74) is 0.171. The number of hydrogen-bond acceptors (Lipinski definition) is 3. The first-order chi connectivity index (χ1) is 7.16. The van der Waals surface area contributed by atoms with E-state index in [4.69, 9.17) is 14.6 Å². The van der Waals surface area contributed by atoms with Crippen LogP contribution in [0, 0.1) is 0 Å². The van der Waals surface area contributed by atoms with E-state index in [1.54, 1.807) is 12.1 Å². The van der Waals surface area contributed by atoms with Crippen LogP contribution in [0.4, 0.5) is 0 Å². The molecule has 1 fully saturated rings. The Morgan fingerprint density at radius 2 is 2.27 bits per heavy atom. The summed E-state index contributed by atoms with van der Waals surface area (Å²) >= 11 is 3.27. The van der Waals surface area contributed by atoms with E-state index < -0.39 is 5.97 Å². The molecule has 2 rings (SSSR count). The van der Waals surface area contributed by atoms with Crippen LogP contribution in [0.1, 0.15) is 10.4 Å². The minimum atomic E-state index is -0.988. The summed E-state index contributed by atoms with van der Waals surface area (Å²) in [6.45, 7) is 1.04. The summed E-state index contributed by atoms with van der Waals surface area (Å²) < 4.78 is 11.2. The lowest BCUT2D eigenvalue weighted by molar-refractivity contribution is -0.0799. The van der Waals surface area contributed by atoms with Crippen molar-refractivity contribution >= 4 is 21.9 Å². The number of ether oxygens (including phenoxy) is 2. The number of aromatic carboxylic acids is 1. The van der Waals surface area contributed by atoms with Crippen LogP contribution in [0.15, 0.2) is 22.7 Å². The number of carboxylic acids is 1. The Kier molecular flexibility index (Phi) is 2.93. The van der Waals surface area contributed by atoms with Gasteiger partial charge in [-0.15, -0.1) is 0 Å². The zero-order chi connectivity index (χ0) is 10.8. The molecule has 1 aromatic rings. The summed E-state index contributed by atoms with van der Waals surface area (Å²) in [6.07, 6.45) is -0.0302. The largest absolute Gasteiger partial charge is 0.485 e. The van der Waals surface area contributed by atoms with Gasteiger partial charge in [-0.05, 0) is 18.2 Å². The monoisotopic (exact) mass is 272 g/mol. The maximum Gasteiger partial charge on any atom is 0.339 e. The highest BCUT2D eigenvalue weighted by atomic mass is 79.9. The Morgan fingerprint density at radius 3 is 2.80 bits per heavy atom. The topological polar surface area (TPSA) is 55.8 Å². The third kappa shape index (κ3) is 2.30. The number of hydrogen-bond donors (Lipinski definition) is 1. The summed E-state index contributed by atoms with van der Waals surface area (Å²) in [4.78, 5) is 10.9. The molecule has 80 valence electrons. The molecule has 0 bridgehead atoms. The van der Waals surface area contributed by atoms with Gasteiger partial charge in [-0.2, -0.15) is 0 Å². The van der Waals surface area contributed by atoms with Crippen molar-refractivity contribution in [1.29, 1.82) is 0 Å². The molecule has 0 radical (unpaired) electrons. The second-order valence-electron chi connectivity index (χ2n) is 3.22.